The third-order valence-electron chi connectivity index (χ3n) is 9.11. The predicted octanol–water partition coefficient (Wildman–Crippen LogP) is 6.44. The van der Waals surface area contributed by atoms with Crippen molar-refractivity contribution in [3.8, 4) is 0 Å². The monoisotopic (exact) mass is 624 g/mol. The summed E-state index contributed by atoms with van der Waals surface area (Å²) >= 11 is 0. The Bertz CT molecular complexity index is 1460. The van der Waals surface area contributed by atoms with Gasteiger partial charge in [0.25, 0.3) is 0 Å². The van der Waals surface area contributed by atoms with E-state index in [0.29, 0.717) is 47.6 Å². The van der Waals surface area contributed by atoms with Crippen molar-refractivity contribution in [2.75, 3.05) is 24.7 Å². The van der Waals surface area contributed by atoms with Gasteiger partial charge in [0.2, 0.25) is 0 Å². The quantitative estimate of drug-likeness (QED) is 0.247. The van der Waals surface area contributed by atoms with Gasteiger partial charge in [0.15, 0.2) is 9.84 Å². The second kappa shape index (κ2) is 14.7. The van der Waals surface area contributed by atoms with Gasteiger partial charge >= 0.3 is 5.97 Å². The van der Waals surface area contributed by atoms with E-state index in [-0.39, 0.29) is 24.7 Å². The molecule has 1 aromatic carbocycles. The number of carboxylic acid groups (broad SMARTS) is 1. The number of benzene rings is 1. The molecule has 0 bridgehead atoms. The van der Waals surface area contributed by atoms with Crippen molar-refractivity contribution in [2.45, 2.75) is 95.2 Å². The molecule has 9 heteroatoms. The van der Waals surface area contributed by atoms with Crippen LogP contribution in [-0.2, 0) is 32.4 Å². The number of unbranched alkanes of at least 4 members (excludes halogenated alkanes) is 2. The van der Waals surface area contributed by atoms with Crippen molar-refractivity contribution >= 4 is 21.5 Å². The van der Waals surface area contributed by atoms with Crippen LogP contribution in [0, 0.1) is 11.3 Å². The molecule has 0 saturated heterocycles. The summed E-state index contributed by atoms with van der Waals surface area (Å²) in [6.45, 7) is 4.47. The average Bonchev–Trinajstić information content (AvgIpc) is 3.07. The molecular formula is C35H48N2O6S. The summed E-state index contributed by atoms with van der Waals surface area (Å²) in [5.74, 6) is -0.699. The second-order valence-corrected chi connectivity index (χ2v) is 14.5. The lowest BCUT2D eigenvalue weighted by Gasteiger charge is -2.42. The van der Waals surface area contributed by atoms with Crippen LogP contribution in [0.25, 0.3) is 0 Å². The molecule has 2 N–H and O–H groups in total. The first kappa shape index (κ1) is 33.7. The van der Waals surface area contributed by atoms with E-state index in [1.54, 1.807) is 6.07 Å². The van der Waals surface area contributed by atoms with Gasteiger partial charge in [0, 0.05) is 43.2 Å². The number of fused-ring (bicyclic) bond motifs is 1. The van der Waals surface area contributed by atoms with Gasteiger partial charge < -0.3 is 19.8 Å². The van der Waals surface area contributed by atoms with Crippen molar-refractivity contribution in [1.29, 1.82) is 0 Å². The lowest BCUT2D eigenvalue weighted by Crippen LogP contribution is -2.44. The van der Waals surface area contributed by atoms with Gasteiger partial charge in [-0.15, -0.1) is 0 Å². The first-order chi connectivity index (χ1) is 21.0. The summed E-state index contributed by atoms with van der Waals surface area (Å²) in [6.07, 6.45) is 11.1. The van der Waals surface area contributed by atoms with E-state index in [1.165, 1.54) is 0 Å². The zero-order valence-electron chi connectivity index (χ0n) is 26.5. The minimum atomic E-state index is -3.64. The van der Waals surface area contributed by atoms with Crippen LogP contribution in [0.15, 0.2) is 65.3 Å². The molecular weight excluding hydrogens is 576 g/mol. The number of carbonyl (C=O) groups is 1. The summed E-state index contributed by atoms with van der Waals surface area (Å²) in [5.41, 5.74) is 2.31. The molecule has 1 unspecified atom stereocenters. The van der Waals surface area contributed by atoms with Crippen LogP contribution in [0.2, 0.25) is 0 Å². The molecule has 4 rings (SSSR count). The van der Waals surface area contributed by atoms with Crippen LogP contribution in [0.1, 0.15) is 88.1 Å². The Hall–Kier alpha value is -3.17. The molecule has 0 saturated carbocycles. The summed E-state index contributed by atoms with van der Waals surface area (Å²) in [6, 6.07) is 11.1. The topological polar surface area (TPSA) is 117 Å². The molecule has 240 valence electrons. The fraction of sp³-hybridized carbons (Fsp3) is 0.543. The molecule has 3 atom stereocenters. The maximum Gasteiger partial charge on any atom is 0.303 e. The maximum atomic E-state index is 14.1. The number of pyridine rings is 1. The number of sulfone groups is 1. The first-order valence-electron chi connectivity index (χ1n) is 15.9. The number of ether oxygens (including phenoxy) is 1. The zero-order valence-corrected chi connectivity index (χ0v) is 27.4. The molecule has 8 nitrogen and oxygen atoms in total. The minimum absolute atomic E-state index is 0.0260. The van der Waals surface area contributed by atoms with Crippen LogP contribution in [0.3, 0.4) is 0 Å². The van der Waals surface area contributed by atoms with Crippen LogP contribution < -0.4 is 4.90 Å². The predicted molar refractivity (Wildman–Crippen MR) is 173 cm³/mol. The van der Waals surface area contributed by atoms with E-state index < -0.39 is 33.2 Å². The Morgan fingerprint density at radius 3 is 2.41 bits per heavy atom. The largest absolute Gasteiger partial charge is 0.488 e. The molecule has 2 heterocycles. The highest BCUT2D eigenvalue weighted by Crippen LogP contribution is 2.51. The SMILES string of the molecule is CCCCC1(CCCC)CS(=O)(=O)c2ccc(N(C)C)cc2[C@@H](C2C=CC(OCc3cccc(CCC(=O)O)n3)=CC2)[C@H]1O. The lowest BCUT2D eigenvalue weighted by molar-refractivity contribution is -0.136. The molecule has 0 radical (unpaired) electrons. The van der Waals surface area contributed by atoms with E-state index in [0.717, 1.165) is 37.1 Å². The van der Waals surface area contributed by atoms with Crippen LogP contribution in [0.5, 0.6) is 0 Å². The fourth-order valence-corrected chi connectivity index (χ4v) is 8.87. The van der Waals surface area contributed by atoms with Crippen LogP contribution >= 0.6 is 0 Å². The number of allylic oxidation sites excluding steroid dienone is 3. The fourth-order valence-electron chi connectivity index (χ4n) is 6.67. The number of carboxylic acids is 1. The lowest BCUT2D eigenvalue weighted by atomic mass is 9.65. The Kier molecular flexibility index (Phi) is 11.3. The standard InChI is InChI=1S/C35H48N2O6S/c1-5-7-20-35(21-8-6-2)24-44(41,42)31-18-15-28(37(3)4)22-30(31)33(34(35)40)25-12-16-29(17-13-25)43-23-27-11-9-10-26(36-27)14-19-32(38)39/h9-12,15-18,22,25,33-34,40H,5-8,13-14,19-21,23-24H2,1-4H3,(H,38,39)/t25?,33-,34-/m1/s1. The van der Waals surface area contributed by atoms with Gasteiger partial charge in [-0.3, -0.25) is 9.78 Å². The number of anilines is 1. The van der Waals surface area contributed by atoms with Crippen molar-refractivity contribution in [2.24, 2.45) is 11.3 Å². The van der Waals surface area contributed by atoms with Crippen molar-refractivity contribution < 1.29 is 28.2 Å². The van der Waals surface area contributed by atoms with Gasteiger partial charge in [0.05, 0.1) is 28.9 Å². The second-order valence-electron chi connectivity index (χ2n) is 12.6. The molecule has 2 aromatic rings. The maximum absolute atomic E-state index is 14.1. The van der Waals surface area contributed by atoms with E-state index in [2.05, 4.69) is 24.9 Å². The molecule has 1 aliphatic carbocycles. The van der Waals surface area contributed by atoms with E-state index >= 15 is 0 Å². The highest BCUT2D eigenvalue weighted by Gasteiger charge is 2.50. The number of nitrogens with zero attached hydrogens (tertiary/aromatic N) is 2. The summed E-state index contributed by atoms with van der Waals surface area (Å²) < 4.78 is 34.2. The molecule has 2 aliphatic rings. The first-order valence-corrected chi connectivity index (χ1v) is 17.5. The molecule has 0 fully saturated rings. The third kappa shape index (κ3) is 7.91. The number of hydrogen-bond donors (Lipinski definition) is 2. The van der Waals surface area contributed by atoms with Gasteiger partial charge in [-0.1, -0.05) is 51.7 Å². The summed E-state index contributed by atoms with van der Waals surface area (Å²) in [7, 11) is 0.240. The van der Waals surface area contributed by atoms with Gasteiger partial charge in [-0.25, -0.2) is 8.42 Å². The van der Waals surface area contributed by atoms with Crippen molar-refractivity contribution in [3.63, 3.8) is 0 Å². The van der Waals surface area contributed by atoms with E-state index in [1.807, 2.05) is 61.5 Å². The van der Waals surface area contributed by atoms with Crippen LogP contribution in [0.4, 0.5) is 5.69 Å². The highest BCUT2D eigenvalue weighted by atomic mass is 32.2. The number of aromatic nitrogens is 1. The number of aliphatic carboxylic acids is 1. The van der Waals surface area contributed by atoms with E-state index in [9.17, 15) is 18.3 Å². The number of hydrogen-bond acceptors (Lipinski definition) is 7. The van der Waals surface area contributed by atoms with Gasteiger partial charge in [-0.2, -0.15) is 0 Å². The third-order valence-corrected chi connectivity index (χ3v) is 11.1. The summed E-state index contributed by atoms with van der Waals surface area (Å²) in [4.78, 5) is 17.8. The normalized spacial score (nSPS) is 22.0. The molecule has 0 amide bonds. The number of aliphatic hydroxyl groups is 1. The summed E-state index contributed by atoms with van der Waals surface area (Å²) in [5, 5.41) is 21.4. The van der Waals surface area contributed by atoms with Gasteiger partial charge in [-0.05, 0) is 73.2 Å². The van der Waals surface area contributed by atoms with Crippen molar-refractivity contribution in [1.82, 2.24) is 4.98 Å². The van der Waals surface area contributed by atoms with Crippen molar-refractivity contribution in [3.05, 3.63) is 77.3 Å². The molecule has 1 aliphatic heterocycles. The zero-order chi connectivity index (χ0) is 31.9. The average molecular weight is 625 g/mol. The minimum Gasteiger partial charge on any atom is -0.488 e. The smallest absolute Gasteiger partial charge is 0.303 e. The molecule has 0 spiro atoms. The Labute approximate surface area is 262 Å². The van der Waals surface area contributed by atoms with E-state index in [4.69, 9.17) is 9.84 Å². The molecule has 1 aromatic heterocycles. The Morgan fingerprint density at radius 1 is 1.09 bits per heavy atom. The molecule has 44 heavy (non-hydrogen) atoms. The van der Waals surface area contributed by atoms with Gasteiger partial charge in [0.1, 0.15) is 12.4 Å². The Balaban J connectivity index is 1.63. The number of aliphatic hydroxyl groups excluding tert-OH is 1. The number of aryl methyl sites for hydroxylation is 1. The highest BCUT2D eigenvalue weighted by molar-refractivity contribution is 7.91. The number of rotatable bonds is 14. The Morgan fingerprint density at radius 2 is 1.80 bits per heavy atom. The van der Waals surface area contributed by atoms with Crippen LogP contribution in [-0.4, -0.2) is 55.5 Å².